The first-order valence-electron chi connectivity index (χ1n) is 5.07. The van der Waals surface area contributed by atoms with Crippen LogP contribution in [0, 0.1) is 5.82 Å². The van der Waals surface area contributed by atoms with Crippen molar-refractivity contribution in [3.05, 3.63) is 22.5 Å². The summed E-state index contributed by atoms with van der Waals surface area (Å²) in [6, 6.07) is 1.44. The smallest absolute Gasteiger partial charge is 0.182 e. The van der Waals surface area contributed by atoms with E-state index in [-0.39, 0.29) is 16.3 Å². The lowest BCUT2D eigenvalue weighted by atomic mass is 10.1. The van der Waals surface area contributed by atoms with Crippen molar-refractivity contribution in [1.29, 1.82) is 0 Å². The van der Waals surface area contributed by atoms with E-state index in [0.29, 0.717) is 19.0 Å². The fourth-order valence-corrected chi connectivity index (χ4v) is 1.82. The number of fused-ring (bicyclic) bond motifs is 1. The van der Waals surface area contributed by atoms with Crippen molar-refractivity contribution in [3.63, 3.8) is 0 Å². The summed E-state index contributed by atoms with van der Waals surface area (Å²) >= 11 is 5.84. The highest BCUT2D eigenvalue weighted by molar-refractivity contribution is 6.32. The Morgan fingerprint density at radius 1 is 1.44 bits per heavy atom. The van der Waals surface area contributed by atoms with Crippen molar-refractivity contribution in [2.24, 2.45) is 0 Å². The first-order chi connectivity index (χ1) is 7.61. The summed E-state index contributed by atoms with van der Waals surface area (Å²) in [4.78, 5) is 0. The normalized spacial score (nSPS) is 16.8. The number of hydrogen-bond acceptors (Lipinski definition) is 3. The zero-order chi connectivity index (χ0) is 11.7. The summed E-state index contributed by atoms with van der Waals surface area (Å²) in [5.41, 5.74) is 0.120. The Hall–Kier alpha value is -1.00. The molecule has 0 amide bonds. The average Bonchev–Trinajstić information content (AvgIpc) is 2.48. The van der Waals surface area contributed by atoms with Crippen LogP contribution in [0.25, 0.3) is 0 Å². The molecule has 1 atom stereocenters. The van der Waals surface area contributed by atoms with Gasteiger partial charge in [0.15, 0.2) is 17.3 Å². The van der Waals surface area contributed by atoms with Crippen LogP contribution in [0.4, 0.5) is 4.39 Å². The highest BCUT2D eigenvalue weighted by Crippen LogP contribution is 2.41. The second-order valence-corrected chi connectivity index (χ2v) is 4.03. The van der Waals surface area contributed by atoms with E-state index in [4.69, 9.17) is 21.1 Å². The topological polar surface area (TPSA) is 38.7 Å². The Morgan fingerprint density at radius 3 is 2.81 bits per heavy atom. The molecule has 0 radical (unpaired) electrons. The molecule has 0 saturated heterocycles. The van der Waals surface area contributed by atoms with E-state index in [1.165, 1.54) is 13.0 Å². The second kappa shape index (κ2) is 4.47. The molecule has 0 aliphatic carbocycles. The van der Waals surface area contributed by atoms with E-state index in [2.05, 4.69) is 0 Å². The molecule has 1 heterocycles. The van der Waals surface area contributed by atoms with Crippen molar-refractivity contribution in [3.8, 4) is 11.5 Å². The van der Waals surface area contributed by atoms with Crippen LogP contribution in [0.15, 0.2) is 6.07 Å². The van der Waals surface area contributed by atoms with E-state index < -0.39 is 11.9 Å². The molecule has 0 fully saturated rings. The van der Waals surface area contributed by atoms with Gasteiger partial charge in [0.05, 0.1) is 19.3 Å². The molecule has 1 aliphatic heterocycles. The lowest BCUT2D eigenvalue weighted by molar-refractivity contribution is 0.193. The molecule has 2 rings (SSSR count). The number of rotatable bonds is 1. The summed E-state index contributed by atoms with van der Waals surface area (Å²) in [5, 5.41) is 9.28. The van der Waals surface area contributed by atoms with Crippen LogP contribution in [0.2, 0.25) is 5.02 Å². The summed E-state index contributed by atoms with van der Waals surface area (Å²) in [7, 11) is 0. The van der Waals surface area contributed by atoms with Crippen molar-refractivity contribution < 1.29 is 19.0 Å². The van der Waals surface area contributed by atoms with E-state index in [9.17, 15) is 9.50 Å². The highest BCUT2D eigenvalue weighted by Gasteiger charge is 2.22. The van der Waals surface area contributed by atoms with Gasteiger partial charge in [-0.25, -0.2) is 4.39 Å². The summed E-state index contributed by atoms with van der Waals surface area (Å²) in [6.45, 7) is 2.41. The third-order valence-electron chi connectivity index (χ3n) is 2.40. The van der Waals surface area contributed by atoms with E-state index >= 15 is 0 Å². The Kier molecular flexibility index (Phi) is 3.21. The minimum Gasteiger partial charge on any atom is -0.489 e. The van der Waals surface area contributed by atoms with Crippen molar-refractivity contribution in [2.45, 2.75) is 19.4 Å². The van der Waals surface area contributed by atoms with Gasteiger partial charge in [-0.3, -0.25) is 0 Å². The van der Waals surface area contributed by atoms with Gasteiger partial charge in [0.1, 0.15) is 5.02 Å². The maximum Gasteiger partial charge on any atom is 0.182 e. The van der Waals surface area contributed by atoms with Gasteiger partial charge >= 0.3 is 0 Å². The first kappa shape index (κ1) is 11.5. The lowest BCUT2D eigenvalue weighted by Gasteiger charge is -2.14. The molecule has 16 heavy (non-hydrogen) atoms. The van der Waals surface area contributed by atoms with Gasteiger partial charge in [-0.15, -0.1) is 0 Å². The molecular weight excluding hydrogens is 235 g/mol. The molecule has 1 N–H and O–H groups in total. The summed E-state index contributed by atoms with van der Waals surface area (Å²) in [6.07, 6.45) is -0.217. The largest absolute Gasteiger partial charge is 0.489 e. The average molecular weight is 247 g/mol. The van der Waals surface area contributed by atoms with Crippen LogP contribution < -0.4 is 9.47 Å². The summed E-state index contributed by atoms with van der Waals surface area (Å²) < 4.78 is 24.4. The fraction of sp³-hybridized carbons (Fsp3) is 0.455. The maximum absolute atomic E-state index is 13.7. The molecule has 5 heteroatoms. The molecule has 1 aromatic rings. The van der Waals surface area contributed by atoms with Gasteiger partial charge in [0.2, 0.25) is 0 Å². The molecule has 0 aromatic heterocycles. The second-order valence-electron chi connectivity index (χ2n) is 3.65. The Morgan fingerprint density at radius 2 is 2.12 bits per heavy atom. The zero-order valence-electron chi connectivity index (χ0n) is 8.80. The lowest BCUT2D eigenvalue weighted by Crippen LogP contribution is -2.01. The Labute approximate surface area is 97.7 Å². The van der Waals surface area contributed by atoms with Gasteiger partial charge in [-0.2, -0.15) is 0 Å². The third kappa shape index (κ3) is 1.95. The van der Waals surface area contributed by atoms with Crippen LogP contribution in [0.3, 0.4) is 0 Å². The van der Waals surface area contributed by atoms with E-state index in [0.717, 1.165) is 6.42 Å². The van der Waals surface area contributed by atoms with Crippen LogP contribution in [-0.2, 0) is 0 Å². The first-order valence-corrected chi connectivity index (χ1v) is 5.44. The zero-order valence-corrected chi connectivity index (χ0v) is 9.55. The molecule has 1 aliphatic rings. The minimum atomic E-state index is -0.936. The molecule has 0 bridgehead atoms. The maximum atomic E-state index is 13.7. The van der Waals surface area contributed by atoms with Crippen molar-refractivity contribution in [1.82, 2.24) is 0 Å². The molecular formula is C11H12ClFO3. The van der Waals surface area contributed by atoms with Crippen molar-refractivity contribution >= 4 is 11.6 Å². The van der Waals surface area contributed by atoms with Gasteiger partial charge in [-0.1, -0.05) is 11.6 Å². The molecule has 0 spiro atoms. The summed E-state index contributed by atoms with van der Waals surface area (Å²) in [5.74, 6) is -0.0400. The number of ether oxygens (including phenoxy) is 2. The SMILES string of the molecule is CC(O)c1cc2c(c(Cl)c1F)OCCCO2. The molecule has 1 aromatic carbocycles. The third-order valence-corrected chi connectivity index (χ3v) is 2.74. The van der Waals surface area contributed by atoms with Crippen molar-refractivity contribution in [2.75, 3.05) is 13.2 Å². The number of aliphatic hydroxyl groups is 1. The van der Waals surface area contributed by atoms with E-state index in [1.54, 1.807) is 0 Å². The van der Waals surface area contributed by atoms with Gasteiger partial charge in [0.25, 0.3) is 0 Å². The fourth-order valence-electron chi connectivity index (χ4n) is 1.57. The molecule has 0 saturated carbocycles. The quantitative estimate of drug-likeness (QED) is 0.828. The highest BCUT2D eigenvalue weighted by atomic mass is 35.5. The van der Waals surface area contributed by atoms with Crippen LogP contribution in [0.1, 0.15) is 25.0 Å². The number of benzene rings is 1. The van der Waals surface area contributed by atoms with Gasteiger partial charge in [-0.05, 0) is 13.0 Å². The minimum absolute atomic E-state index is 0.120. The van der Waals surface area contributed by atoms with Gasteiger partial charge in [0, 0.05) is 12.0 Å². The Balaban J connectivity index is 2.55. The molecule has 3 nitrogen and oxygen atoms in total. The van der Waals surface area contributed by atoms with Crippen LogP contribution in [-0.4, -0.2) is 18.3 Å². The number of aliphatic hydroxyl groups excluding tert-OH is 1. The number of halogens is 2. The van der Waals surface area contributed by atoms with Crippen LogP contribution in [0.5, 0.6) is 11.5 Å². The number of hydrogen-bond donors (Lipinski definition) is 1. The molecule has 88 valence electrons. The predicted molar refractivity (Wildman–Crippen MR) is 57.7 cm³/mol. The standard InChI is InChI=1S/C11H12ClFO3/c1-6(14)7-5-8-11(9(12)10(7)13)16-4-2-3-15-8/h5-6,14H,2-4H2,1H3. The van der Waals surface area contributed by atoms with E-state index in [1.807, 2.05) is 0 Å². The monoisotopic (exact) mass is 246 g/mol. The van der Waals surface area contributed by atoms with Crippen LogP contribution >= 0.6 is 11.6 Å². The predicted octanol–water partition coefficient (Wildman–Crippen LogP) is 2.69. The Bertz CT molecular complexity index is 407. The van der Waals surface area contributed by atoms with Gasteiger partial charge < -0.3 is 14.6 Å². The molecule has 1 unspecified atom stereocenters.